The molecule has 2 N–H and O–H groups in total. The highest BCUT2D eigenvalue weighted by atomic mass is 35.5. The number of amides is 4. The number of hydrogen-bond donors (Lipinski definition) is 2. The van der Waals surface area contributed by atoms with Crippen molar-refractivity contribution in [2.45, 2.75) is 31.8 Å². The first-order valence-corrected chi connectivity index (χ1v) is 9.55. The van der Waals surface area contributed by atoms with Crippen LogP contribution in [0.4, 0.5) is 10.5 Å². The van der Waals surface area contributed by atoms with Crippen LogP contribution in [0.2, 0.25) is 10.0 Å². The van der Waals surface area contributed by atoms with Gasteiger partial charge in [-0.05, 0) is 37.1 Å². The zero-order chi connectivity index (χ0) is 20.3. The standard InChI is InChI=1S/C20H19Cl2N3O3/c1-12(13-5-3-2-4-6-13)25-19(27)17(24-20(25)28)7-8-18(26)23-16-10-14(21)9-15(22)11-16/h2-6,9-12,17H,7-8H2,1H3,(H,23,26)(H,24,28)/t12-,17+/m1/s1. The largest absolute Gasteiger partial charge is 0.326 e. The molecule has 0 aromatic heterocycles. The van der Waals surface area contributed by atoms with Crippen molar-refractivity contribution in [3.63, 3.8) is 0 Å². The lowest BCUT2D eigenvalue weighted by Crippen LogP contribution is -2.34. The van der Waals surface area contributed by atoms with Gasteiger partial charge in [-0.25, -0.2) is 4.79 Å². The summed E-state index contributed by atoms with van der Waals surface area (Å²) in [7, 11) is 0. The number of carbonyl (C=O) groups excluding carboxylic acids is 3. The summed E-state index contributed by atoms with van der Waals surface area (Å²) < 4.78 is 0. The van der Waals surface area contributed by atoms with Crippen molar-refractivity contribution in [1.29, 1.82) is 0 Å². The van der Waals surface area contributed by atoms with Crippen LogP contribution < -0.4 is 10.6 Å². The number of imide groups is 1. The van der Waals surface area contributed by atoms with Gasteiger partial charge in [0.15, 0.2) is 0 Å². The maximum atomic E-state index is 12.7. The van der Waals surface area contributed by atoms with Gasteiger partial charge in [-0.3, -0.25) is 14.5 Å². The van der Waals surface area contributed by atoms with Crippen LogP contribution >= 0.6 is 23.2 Å². The molecule has 0 radical (unpaired) electrons. The molecule has 4 amide bonds. The lowest BCUT2D eigenvalue weighted by Gasteiger charge is -2.21. The molecule has 0 unspecified atom stereocenters. The average Bonchev–Trinajstić information content (AvgIpc) is 2.93. The normalized spacial score (nSPS) is 17.4. The highest BCUT2D eigenvalue weighted by Crippen LogP contribution is 2.26. The second kappa shape index (κ2) is 8.63. The molecule has 6 nitrogen and oxygen atoms in total. The van der Waals surface area contributed by atoms with E-state index in [1.807, 2.05) is 30.3 Å². The summed E-state index contributed by atoms with van der Waals surface area (Å²) in [5.74, 6) is -0.630. The van der Waals surface area contributed by atoms with Crippen LogP contribution in [0.15, 0.2) is 48.5 Å². The molecule has 0 aliphatic carbocycles. The number of rotatable bonds is 6. The molecule has 1 aliphatic rings. The molecular weight excluding hydrogens is 401 g/mol. The van der Waals surface area contributed by atoms with Gasteiger partial charge in [0.2, 0.25) is 5.91 Å². The van der Waals surface area contributed by atoms with Gasteiger partial charge >= 0.3 is 6.03 Å². The smallest absolute Gasteiger partial charge is 0.325 e. The minimum Gasteiger partial charge on any atom is -0.326 e. The lowest BCUT2D eigenvalue weighted by molar-refractivity contribution is -0.129. The second-order valence-electron chi connectivity index (χ2n) is 6.54. The predicted octanol–water partition coefficient (Wildman–Crippen LogP) is 4.39. The third kappa shape index (κ3) is 4.64. The van der Waals surface area contributed by atoms with Gasteiger partial charge in [-0.2, -0.15) is 0 Å². The van der Waals surface area contributed by atoms with Crippen molar-refractivity contribution in [2.24, 2.45) is 0 Å². The van der Waals surface area contributed by atoms with E-state index in [2.05, 4.69) is 10.6 Å². The molecule has 0 saturated carbocycles. The Hall–Kier alpha value is -2.57. The summed E-state index contributed by atoms with van der Waals surface area (Å²) in [6.07, 6.45) is 0.261. The van der Waals surface area contributed by atoms with E-state index in [0.717, 1.165) is 5.56 Å². The minimum atomic E-state index is -0.729. The van der Waals surface area contributed by atoms with E-state index in [0.29, 0.717) is 15.7 Å². The summed E-state index contributed by atoms with van der Waals surface area (Å²) in [5, 5.41) is 6.16. The molecule has 146 valence electrons. The molecular formula is C20H19Cl2N3O3. The van der Waals surface area contributed by atoms with Crippen molar-refractivity contribution < 1.29 is 14.4 Å². The van der Waals surface area contributed by atoms with Crippen molar-refractivity contribution in [1.82, 2.24) is 10.2 Å². The van der Waals surface area contributed by atoms with E-state index in [-0.39, 0.29) is 30.7 Å². The van der Waals surface area contributed by atoms with E-state index >= 15 is 0 Å². The van der Waals surface area contributed by atoms with E-state index in [1.54, 1.807) is 25.1 Å². The quantitative estimate of drug-likeness (QED) is 0.681. The lowest BCUT2D eigenvalue weighted by atomic mass is 10.1. The molecule has 3 rings (SSSR count). The molecule has 8 heteroatoms. The number of hydrogen-bond acceptors (Lipinski definition) is 3. The van der Waals surface area contributed by atoms with Crippen LogP contribution in [-0.4, -0.2) is 28.8 Å². The van der Waals surface area contributed by atoms with Gasteiger partial charge in [0.25, 0.3) is 5.91 Å². The van der Waals surface area contributed by atoms with Gasteiger partial charge in [0.1, 0.15) is 6.04 Å². The molecule has 1 heterocycles. The Morgan fingerprint density at radius 3 is 2.43 bits per heavy atom. The fraction of sp³-hybridized carbons (Fsp3) is 0.250. The van der Waals surface area contributed by atoms with Crippen molar-refractivity contribution in [2.75, 3.05) is 5.32 Å². The SMILES string of the molecule is C[C@H](c1ccccc1)N1C(=O)N[C@@H](CCC(=O)Nc2cc(Cl)cc(Cl)c2)C1=O. The Bertz CT molecular complexity index is 885. The molecule has 1 saturated heterocycles. The first-order chi connectivity index (χ1) is 13.3. The summed E-state index contributed by atoms with van der Waals surface area (Å²) in [6.45, 7) is 1.80. The Kier molecular flexibility index (Phi) is 6.21. The third-order valence-electron chi connectivity index (χ3n) is 4.53. The number of urea groups is 1. The number of benzene rings is 2. The Balaban J connectivity index is 1.58. The van der Waals surface area contributed by atoms with Crippen molar-refractivity contribution >= 4 is 46.7 Å². The molecule has 2 aromatic carbocycles. The number of nitrogens with one attached hydrogen (secondary N) is 2. The van der Waals surface area contributed by atoms with Crippen LogP contribution in [0.3, 0.4) is 0 Å². The fourth-order valence-corrected chi connectivity index (χ4v) is 3.64. The summed E-state index contributed by atoms with van der Waals surface area (Å²) in [4.78, 5) is 38.3. The van der Waals surface area contributed by atoms with Gasteiger partial charge in [0.05, 0.1) is 6.04 Å². The summed E-state index contributed by atoms with van der Waals surface area (Å²) in [5.41, 5.74) is 1.34. The first-order valence-electron chi connectivity index (χ1n) is 8.79. The second-order valence-corrected chi connectivity index (χ2v) is 7.41. The average molecular weight is 420 g/mol. The predicted molar refractivity (Wildman–Crippen MR) is 108 cm³/mol. The van der Waals surface area contributed by atoms with E-state index < -0.39 is 12.1 Å². The maximum Gasteiger partial charge on any atom is 0.325 e. The van der Waals surface area contributed by atoms with Gasteiger partial charge in [-0.1, -0.05) is 53.5 Å². The summed E-state index contributed by atoms with van der Waals surface area (Å²) >= 11 is 11.8. The number of halogens is 2. The third-order valence-corrected chi connectivity index (χ3v) is 4.96. The first kappa shape index (κ1) is 20.2. The van der Waals surface area contributed by atoms with Crippen LogP contribution in [0.25, 0.3) is 0 Å². The zero-order valence-electron chi connectivity index (χ0n) is 15.1. The maximum absolute atomic E-state index is 12.7. The number of carbonyl (C=O) groups is 3. The van der Waals surface area contributed by atoms with Crippen LogP contribution in [-0.2, 0) is 9.59 Å². The van der Waals surface area contributed by atoms with Gasteiger partial charge in [-0.15, -0.1) is 0 Å². The topological polar surface area (TPSA) is 78.5 Å². The van der Waals surface area contributed by atoms with Crippen LogP contribution in [0.5, 0.6) is 0 Å². The van der Waals surface area contributed by atoms with Crippen LogP contribution in [0.1, 0.15) is 31.4 Å². The summed E-state index contributed by atoms with van der Waals surface area (Å²) in [6, 6.07) is 12.5. The highest BCUT2D eigenvalue weighted by molar-refractivity contribution is 6.35. The molecule has 0 spiro atoms. The van der Waals surface area contributed by atoms with Gasteiger partial charge in [0, 0.05) is 22.2 Å². The van der Waals surface area contributed by atoms with Crippen molar-refractivity contribution in [3.05, 3.63) is 64.1 Å². The molecule has 2 aromatic rings. The molecule has 1 aliphatic heterocycles. The zero-order valence-corrected chi connectivity index (χ0v) is 16.6. The fourth-order valence-electron chi connectivity index (χ4n) is 3.12. The number of anilines is 1. The Morgan fingerprint density at radius 1 is 1.14 bits per heavy atom. The monoisotopic (exact) mass is 419 g/mol. The van der Waals surface area contributed by atoms with E-state index in [1.165, 1.54) is 4.90 Å². The minimum absolute atomic E-state index is 0.0639. The van der Waals surface area contributed by atoms with Crippen LogP contribution in [0, 0.1) is 0 Å². The Labute approximate surface area is 172 Å². The van der Waals surface area contributed by atoms with Gasteiger partial charge < -0.3 is 10.6 Å². The number of nitrogens with zero attached hydrogens (tertiary/aromatic N) is 1. The molecule has 28 heavy (non-hydrogen) atoms. The van der Waals surface area contributed by atoms with E-state index in [4.69, 9.17) is 23.2 Å². The van der Waals surface area contributed by atoms with E-state index in [9.17, 15) is 14.4 Å². The highest BCUT2D eigenvalue weighted by Gasteiger charge is 2.40. The molecule has 1 fully saturated rings. The molecule has 0 bridgehead atoms. The Morgan fingerprint density at radius 2 is 1.79 bits per heavy atom. The molecule has 2 atom stereocenters. The van der Waals surface area contributed by atoms with Crippen molar-refractivity contribution in [3.8, 4) is 0 Å².